The zero-order chi connectivity index (χ0) is 24.7. The molecule has 1 amide bonds. The molecule has 8 nitrogen and oxygen atoms in total. The highest BCUT2D eigenvalue weighted by molar-refractivity contribution is 7.99. The van der Waals surface area contributed by atoms with E-state index in [-0.39, 0.29) is 23.3 Å². The monoisotopic (exact) mass is 499 g/mol. The Morgan fingerprint density at radius 3 is 2.47 bits per heavy atom. The van der Waals surface area contributed by atoms with Gasteiger partial charge in [0.25, 0.3) is 5.56 Å². The highest BCUT2D eigenvalue weighted by atomic mass is 32.2. The van der Waals surface area contributed by atoms with Crippen LogP contribution in [0.1, 0.15) is 12.8 Å². The Bertz CT molecular complexity index is 1430. The van der Waals surface area contributed by atoms with Gasteiger partial charge in [-0.25, -0.2) is 4.98 Å². The van der Waals surface area contributed by atoms with E-state index in [0.717, 1.165) is 18.5 Å². The third-order valence-corrected chi connectivity index (χ3v) is 6.73. The van der Waals surface area contributed by atoms with Crippen LogP contribution in [0, 0.1) is 0 Å². The lowest BCUT2D eigenvalue weighted by molar-refractivity contribution is -0.113. The number of para-hydroxylation sites is 1. The molecule has 1 aliphatic rings. The molecule has 1 atom stereocenters. The number of azo groups is 1. The van der Waals surface area contributed by atoms with Gasteiger partial charge in [0.1, 0.15) is 0 Å². The summed E-state index contributed by atoms with van der Waals surface area (Å²) in [5, 5.41) is 12.4. The summed E-state index contributed by atoms with van der Waals surface area (Å²) in [6.07, 6.45) is 1.87. The van der Waals surface area contributed by atoms with Crippen molar-refractivity contribution in [3.05, 3.63) is 89.2 Å². The second-order valence-electron chi connectivity index (χ2n) is 8.38. The summed E-state index contributed by atoms with van der Waals surface area (Å²) < 4.78 is 7.39. The number of ether oxygens (including phenoxy) is 1. The van der Waals surface area contributed by atoms with Crippen molar-refractivity contribution in [3.8, 4) is 0 Å². The van der Waals surface area contributed by atoms with Gasteiger partial charge in [0.05, 0.1) is 40.7 Å². The molecule has 9 heteroatoms. The molecule has 36 heavy (non-hydrogen) atoms. The molecule has 0 radical (unpaired) electrons. The second-order valence-corrected chi connectivity index (χ2v) is 9.32. The van der Waals surface area contributed by atoms with E-state index in [0.29, 0.717) is 40.6 Å². The number of nitrogens with one attached hydrogen (secondary N) is 1. The van der Waals surface area contributed by atoms with Gasteiger partial charge in [-0.2, -0.15) is 10.2 Å². The molecule has 4 aromatic rings. The van der Waals surface area contributed by atoms with Gasteiger partial charge in [-0.05, 0) is 61.4 Å². The summed E-state index contributed by atoms with van der Waals surface area (Å²) in [5.41, 5.74) is 2.62. The van der Waals surface area contributed by atoms with E-state index in [1.54, 1.807) is 34.9 Å². The molecule has 182 valence electrons. The molecule has 3 aromatic carbocycles. The number of carbonyl (C=O) groups is 1. The first-order chi connectivity index (χ1) is 17.7. The Morgan fingerprint density at radius 2 is 1.72 bits per heavy atom. The second kappa shape index (κ2) is 11.3. The van der Waals surface area contributed by atoms with Gasteiger partial charge in [-0.15, -0.1) is 0 Å². The maximum Gasteiger partial charge on any atom is 0.262 e. The van der Waals surface area contributed by atoms with Crippen LogP contribution in [-0.4, -0.2) is 33.9 Å². The largest absolute Gasteiger partial charge is 0.376 e. The zero-order valence-corrected chi connectivity index (χ0v) is 20.4. The molecule has 0 spiro atoms. The van der Waals surface area contributed by atoms with Crippen molar-refractivity contribution in [2.75, 3.05) is 17.7 Å². The van der Waals surface area contributed by atoms with Crippen LogP contribution in [-0.2, 0) is 16.1 Å². The first kappa shape index (κ1) is 23.9. The predicted molar refractivity (Wildman–Crippen MR) is 141 cm³/mol. The van der Waals surface area contributed by atoms with Crippen LogP contribution >= 0.6 is 11.8 Å². The van der Waals surface area contributed by atoms with E-state index in [4.69, 9.17) is 4.74 Å². The average molecular weight is 500 g/mol. The lowest BCUT2D eigenvalue weighted by atomic mass is 10.2. The minimum Gasteiger partial charge on any atom is -0.376 e. The van der Waals surface area contributed by atoms with E-state index < -0.39 is 0 Å². The number of anilines is 1. The molecule has 5 rings (SSSR count). The number of aromatic nitrogens is 2. The first-order valence-electron chi connectivity index (χ1n) is 11.8. The number of hydrogen-bond donors (Lipinski definition) is 1. The van der Waals surface area contributed by atoms with Crippen molar-refractivity contribution >= 4 is 45.6 Å². The van der Waals surface area contributed by atoms with Gasteiger partial charge in [0.2, 0.25) is 5.91 Å². The third kappa shape index (κ3) is 5.87. The third-order valence-electron chi connectivity index (χ3n) is 5.76. The maximum absolute atomic E-state index is 13.2. The number of amides is 1. The number of fused-ring (bicyclic) bond motifs is 1. The topological polar surface area (TPSA) is 97.9 Å². The molecule has 2 heterocycles. The smallest absolute Gasteiger partial charge is 0.262 e. The van der Waals surface area contributed by atoms with Crippen LogP contribution in [0.5, 0.6) is 0 Å². The highest BCUT2D eigenvalue weighted by Crippen LogP contribution is 2.23. The van der Waals surface area contributed by atoms with Crippen molar-refractivity contribution in [2.24, 2.45) is 10.2 Å². The van der Waals surface area contributed by atoms with Crippen LogP contribution in [0.4, 0.5) is 17.1 Å². The van der Waals surface area contributed by atoms with Gasteiger partial charge in [-0.1, -0.05) is 42.1 Å². The Kier molecular flexibility index (Phi) is 7.49. The van der Waals surface area contributed by atoms with Crippen LogP contribution in [0.15, 0.2) is 99.0 Å². The number of carbonyl (C=O) groups excluding carboxylic acids is 1. The molecule has 1 aliphatic heterocycles. The Balaban J connectivity index is 1.25. The highest BCUT2D eigenvalue weighted by Gasteiger charge is 2.20. The summed E-state index contributed by atoms with van der Waals surface area (Å²) in [6.45, 7) is 1.14. The van der Waals surface area contributed by atoms with E-state index >= 15 is 0 Å². The molecule has 1 saturated heterocycles. The fourth-order valence-electron chi connectivity index (χ4n) is 3.96. The van der Waals surface area contributed by atoms with E-state index in [1.165, 1.54) is 11.8 Å². The number of rotatable bonds is 8. The summed E-state index contributed by atoms with van der Waals surface area (Å²) in [6, 6.07) is 23.9. The van der Waals surface area contributed by atoms with Crippen LogP contribution < -0.4 is 10.9 Å². The van der Waals surface area contributed by atoms with Crippen LogP contribution in [0.2, 0.25) is 0 Å². The Morgan fingerprint density at radius 1 is 1.00 bits per heavy atom. The van der Waals surface area contributed by atoms with Crippen molar-refractivity contribution in [1.29, 1.82) is 0 Å². The van der Waals surface area contributed by atoms with Gasteiger partial charge >= 0.3 is 0 Å². The van der Waals surface area contributed by atoms with Gasteiger partial charge in [-0.3, -0.25) is 14.2 Å². The van der Waals surface area contributed by atoms with Crippen molar-refractivity contribution < 1.29 is 9.53 Å². The SMILES string of the molecule is O=C(CSc1nc2ccccc2c(=O)n1CC1CCCO1)Nc1ccc(N=Nc2ccccc2)cc1. The number of nitrogens with zero attached hydrogens (tertiary/aromatic N) is 4. The first-order valence-corrected chi connectivity index (χ1v) is 12.7. The van der Waals surface area contributed by atoms with Crippen LogP contribution in [0.3, 0.4) is 0 Å². The number of hydrogen-bond acceptors (Lipinski definition) is 7. The van der Waals surface area contributed by atoms with Crippen LogP contribution in [0.25, 0.3) is 10.9 Å². The fraction of sp³-hybridized carbons (Fsp3) is 0.222. The average Bonchev–Trinajstić information content (AvgIpc) is 3.43. The molecular weight excluding hydrogens is 474 g/mol. The summed E-state index contributed by atoms with van der Waals surface area (Å²) >= 11 is 1.25. The van der Waals surface area contributed by atoms with Gasteiger partial charge < -0.3 is 10.1 Å². The lowest BCUT2D eigenvalue weighted by Gasteiger charge is -2.16. The summed E-state index contributed by atoms with van der Waals surface area (Å²) in [7, 11) is 0. The maximum atomic E-state index is 13.2. The normalized spacial score (nSPS) is 15.5. The molecule has 0 saturated carbocycles. The molecular formula is C27H25N5O3S. The molecule has 1 N–H and O–H groups in total. The van der Waals surface area contributed by atoms with Crippen molar-refractivity contribution in [3.63, 3.8) is 0 Å². The minimum atomic E-state index is -0.190. The van der Waals surface area contributed by atoms with E-state index in [9.17, 15) is 9.59 Å². The fourth-order valence-corrected chi connectivity index (χ4v) is 4.77. The quantitative estimate of drug-likeness (QED) is 0.190. The summed E-state index contributed by atoms with van der Waals surface area (Å²) in [5.74, 6) is -0.0732. The standard InChI is InChI=1S/C27H25N5O3S/c33-25(28-19-12-14-21(15-13-19)31-30-20-7-2-1-3-8-20)18-36-27-29-24-11-5-4-10-23(24)26(34)32(27)17-22-9-6-16-35-22/h1-5,7-8,10-15,22H,6,9,16-18H2,(H,28,33). The van der Waals surface area contributed by atoms with E-state index in [2.05, 4.69) is 20.5 Å². The Hall–Kier alpha value is -3.82. The molecule has 0 aliphatic carbocycles. The molecule has 0 bridgehead atoms. The molecule has 1 fully saturated rings. The lowest BCUT2D eigenvalue weighted by Crippen LogP contribution is -2.29. The van der Waals surface area contributed by atoms with E-state index in [1.807, 2.05) is 48.5 Å². The molecule has 1 aromatic heterocycles. The predicted octanol–water partition coefficient (Wildman–Crippen LogP) is 5.72. The zero-order valence-electron chi connectivity index (χ0n) is 19.5. The van der Waals surface area contributed by atoms with Gasteiger partial charge in [0.15, 0.2) is 5.16 Å². The number of thioether (sulfide) groups is 1. The minimum absolute atomic E-state index is 0.0172. The van der Waals surface area contributed by atoms with Crippen molar-refractivity contribution in [2.45, 2.75) is 30.6 Å². The number of benzene rings is 3. The summed E-state index contributed by atoms with van der Waals surface area (Å²) in [4.78, 5) is 30.5. The van der Waals surface area contributed by atoms with Gasteiger partial charge in [0, 0.05) is 12.3 Å². The van der Waals surface area contributed by atoms with Crippen molar-refractivity contribution in [1.82, 2.24) is 9.55 Å². The Labute approximate surface area is 212 Å². The molecule has 1 unspecified atom stereocenters.